The molecule has 0 saturated carbocycles. The van der Waals surface area contributed by atoms with Crippen LogP contribution in [0.5, 0.6) is 0 Å². The van der Waals surface area contributed by atoms with E-state index in [4.69, 9.17) is 9.47 Å². The fourth-order valence-electron chi connectivity index (χ4n) is 2.58. The summed E-state index contributed by atoms with van der Waals surface area (Å²) in [5.74, 6) is 0.349. The van der Waals surface area contributed by atoms with Crippen molar-refractivity contribution in [3.05, 3.63) is 0 Å². The average Bonchev–Trinajstić information content (AvgIpc) is 2.84. The van der Waals surface area contributed by atoms with Gasteiger partial charge >= 0.3 is 0 Å². The van der Waals surface area contributed by atoms with Crippen LogP contribution in [0.25, 0.3) is 0 Å². The maximum absolute atomic E-state index is 9.99. The van der Waals surface area contributed by atoms with Crippen molar-refractivity contribution in [1.82, 2.24) is 0 Å². The molecule has 3 heteroatoms. The summed E-state index contributed by atoms with van der Waals surface area (Å²) in [4.78, 5) is 0. The van der Waals surface area contributed by atoms with Crippen LogP contribution in [0.15, 0.2) is 0 Å². The molecule has 88 valence electrons. The second-order valence-electron chi connectivity index (χ2n) is 4.92. The molecule has 0 aromatic rings. The maximum atomic E-state index is 9.99. The Balaban J connectivity index is 1.65. The fourth-order valence-corrected chi connectivity index (χ4v) is 2.58. The number of ether oxygens (including phenoxy) is 2. The highest BCUT2D eigenvalue weighted by Crippen LogP contribution is 2.26. The molecular weight excluding hydrogens is 192 g/mol. The number of rotatable bonds is 4. The third kappa shape index (κ3) is 3.16. The Labute approximate surface area is 91.8 Å². The molecule has 1 N–H and O–H groups in total. The molecule has 2 aliphatic rings. The first-order valence-electron chi connectivity index (χ1n) is 6.17. The summed E-state index contributed by atoms with van der Waals surface area (Å²) in [6, 6.07) is 0. The minimum Gasteiger partial charge on any atom is -0.393 e. The highest BCUT2D eigenvalue weighted by atomic mass is 16.5. The zero-order valence-electron chi connectivity index (χ0n) is 9.52. The molecule has 2 heterocycles. The van der Waals surface area contributed by atoms with Crippen molar-refractivity contribution in [3.63, 3.8) is 0 Å². The van der Waals surface area contributed by atoms with E-state index < -0.39 is 0 Å². The van der Waals surface area contributed by atoms with E-state index in [-0.39, 0.29) is 6.10 Å². The normalized spacial score (nSPS) is 38.4. The quantitative estimate of drug-likeness (QED) is 0.774. The van der Waals surface area contributed by atoms with Gasteiger partial charge in [0.1, 0.15) is 0 Å². The molecular formula is C12H22O3. The van der Waals surface area contributed by atoms with Crippen molar-refractivity contribution in [1.29, 1.82) is 0 Å². The van der Waals surface area contributed by atoms with Gasteiger partial charge in [-0.2, -0.15) is 0 Å². The molecule has 0 spiro atoms. The molecule has 0 amide bonds. The molecule has 0 radical (unpaired) electrons. The molecule has 4 unspecified atom stereocenters. The smallest absolute Gasteiger partial charge is 0.0592 e. The minimum absolute atomic E-state index is 0.195. The largest absolute Gasteiger partial charge is 0.393 e. The lowest BCUT2D eigenvalue weighted by atomic mass is 9.94. The van der Waals surface area contributed by atoms with Crippen LogP contribution in [0.1, 0.15) is 39.0 Å². The van der Waals surface area contributed by atoms with E-state index in [1.165, 1.54) is 12.8 Å². The fraction of sp³-hybridized carbons (Fsp3) is 1.00. The van der Waals surface area contributed by atoms with Crippen LogP contribution in [0, 0.1) is 5.92 Å². The Kier molecular flexibility index (Phi) is 4.00. The maximum Gasteiger partial charge on any atom is 0.0592 e. The van der Waals surface area contributed by atoms with Gasteiger partial charge in [-0.25, -0.2) is 0 Å². The molecule has 0 aromatic heterocycles. The van der Waals surface area contributed by atoms with Crippen molar-refractivity contribution in [3.8, 4) is 0 Å². The van der Waals surface area contributed by atoms with E-state index in [1.807, 2.05) is 0 Å². The summed E-state index contributed by atoms with van der Waals surface area (Å²) in [6.45, 7) is 3.71. The standard InChI is InChI=1S/C12H22O3/c1-9-7-10(8-15-9)12(13)5-4-11-3-2-6-14-11/h9-13H,2-8H2,1H3. The molecule has 15 heavy (non-hydrogen) atoms. The second kappa shape index (κ2) is 5.28. The first-order valence-corrected chi connectivity index (χ1v) is 6.17. The van der Waals surface area contributed by atoms with Gasteiger partial charge in [-0.3, -0.25) is 0 Å². The summed E-state index contributed by atoms with van der Waals surface area (Å²) in [6.07, 6.45) is 5.77. The van der Waals surface area contributed by atoms with Gasteiger partial charge in [0.05, 0.1) is 24.9 Å². The third-order valence-corrected chi connectivity index (χ3v) is 3.58. The van der Waals surface area contributed by atoms with Crippen LogP contribution >= 0.6 is 0 Å². The van der Waals surface area contributed by atoms with E-state index in [0.717, 1.165) is 32.5 Å². The van der Waals surface area contributed by atoms with Crippen LogP contribution in [0.2, 0.25) is 0 Å². The van der Waals surface area contributed by atoms with E-state index in [0.29, 0.717) is 18.1 Å². The monoisotopic (exact) mass is 214 g/mol. The van der Waals surface area contributed by atoms with Crippen LogP contribution in [0.3, 0.4) is 0 Å². The summed E-state index contributed by atoms with van der Waals surface area (Å²) >= 11 is 0. The van der Waals surface area contributed by atoms with Crippen molar-refractivity contribution in [2.24, 2.45) is 5.92 Å². The summed E-state index contributed by atoms with van der Waals surface area (Å²) < 4.78 is 11.0. The van der Waals surface area contributed by atoms with Crippen LogP contribution in [-0.2, 0) is 9.47 Å². The van der Waals surface area contributed by atoms with E-state index >= 15 is 0 Å². The third-order valence-electron chi connectivity index (χ3n) is 3.58. The predicted molar refractivity (Wildman–Crippen MR) is 57.7 cm³/mol. The lowest BCUT2D eigenvalue weighted by molar-refractivity contribution is 0.0512. The highest BCUT2D eigenvalue weighted by Gasteiger charge is 2.29. The lowest BCUT2D eigenvalue weighted by Crippen LogP contribution is -2.22. The minimum atomic E-state index is -0.195. The number of hydrogen-bond acceptors (Lipinski definition) is 3. The summed E-state index contributed by atoms with van der Waals surface area (Å²) in [5, 5.41) is 9.99. The molecule has 4 atom stereocenters. The Morgan fingerprint density at radius 2 is 2.27 bits per heavy atom. The van der Waals surface area contributed by atoms with Crippen molar-refractivity contribution in [2.75, 3.05) is 13.2 Å². The van der Waals surface area contributed by atoms with Gasteiger partial charge in [0, 0.05) is 12.5 Å². The van der Waals surface area contributed by atoms with Gasteiger partial charge in [0.25, 0.3) is 0 Å². The van der Waals surface area contributed by atoms with Crippen LogP contribution < -0.4 is 0 Å². The Morgan fingerprint density at radius 3 is 2.87 bits per heavy atom. The zero-order valence-corrected chi connectivity index (χ0v) is 9.52. The first-order chi connectivity index (χ1) is 7.25. The topological polar surface area (TPSA) is 38.7 Å². The van der Waals surface area contributed by atoms with E-state index in [2.05, 4.69) is 6.92 Å². The number of aliphatic hydroxyl groups excluding tert-OH is 1. The zero-order chi connectivity index (χ0) is 10.7. The van der Waals surface area contributed by atoms with Gasteiger partial charge in [0.2, 0.25) is 0 Å². The van der Waals surface area contributed by atoms with Gasteiger partial charge < -0.3 is 14.6 Å². The molecule has 2 aliphatic heterocycles. The molecule has 2 rings (SSSR count). The van der Waals surface area contributed by atoms with Crippen molar-refractivity contribution >= 4 is 0 Å². The molecule has 0 aliphatic carbocycles. The van der Waals surface area contributed by atoms with Crippen LogP contribution in [0.4, 0.5) is 0 Å². The van der Waals surface area contributed by atoms with Gasteiger partial charge in [0.15, 0.2) is 0 Å². The van der Waals surface area contributed by atoms with Crippen molar-refractivity contribution in [2.45, 2.75) is 57.3 Å². The van der Waals surface area contributed by atoms with Crippen molar-refractivity contribution < 1.29 is 14.6 Å². The Morgan fingerprint density at radius 1 is 1.40 bits per heavy atom. The number of hydrogen-bond donors (Lipinski definition) is 1. The second-order valence-corrected chi connectivity index (χ2v) is 4.92. The summed E-state index contributed by atoms with van der Waals surface area (Å²) in [7, 11) is 0. The average molecular weight is 214 g/mol. The Bertz CT molecular complexity index is 189. The highest BCUT2D eigenvalue weighted by molar-refractivity contribution is 4.78. The first kappa shape index (κ1) is 11.4. The van der Waals surface area contributed by atoms with E-state index in [9.17, 15) is 5.11 Å². The number of aliphatic hydroxyl groups is 1. The Hall–Kier alpha value is -0.120. The van der Waals surface area contributed by atoms with E-state index in [1.54, 1.807) is 0 Å². The molecule has 2 saturated heterocycles. The van der Waals surface area contributed by atoms with Gasteiger partial charge in [-0.15, -0.1) is 0 Å². The molecule has 3 nitrogen and oxygen atoms in total. The SMILES string of the molecule is CC1CC(C(O)CCC2CCCO2)CO1. The molecule has 0 bridgehead atoms. The predicted octanol–water partition coefficient (Wildman–Crippen LogP) is 1.73. The lowest BCUT2D eigenvalue weighted by Gasteiger charge is -2.18. The van der Waals surface area contributed by atoms with Crippen LogP contribution in [-0.4, -0.2) is 36.6 Å². The summed E-state index contributed by atoms with van der Waals surface area (Å²) in [5.41, 5.74) is 0. The van der Waals surface area contributed by atoms with Gasteiger partial charge in [-0.05, 0) is 39.0 Å². The molecule has 0 aromatic carbocycles. The molecule has 2 fully saturated rings. The van der Waals surface area contributed by atoms with Gasteiger partial charge in [-0.1, -0.05) is 0 Å².